The molecular formula is C16H35NO4. The SMILES string of the molecule is CCCCCCCC(=O)O.CCCCN(C(C)O)C(C)O. The van der Waals surface area contributed by atoms with Crippen molar-refractivity contribution in [2.24, 2.45) is 0 Å². The first-order valence-electron chi connectivity index (χ1n) is 8.20. The van der Waals surface area contributed by atoms with Crippen LogP contribution in [0.1, 0.15) is 79.1 Å². The summed E-state index contributed by atoms with van der Waals surface area (Å²) in [5.41, 5.74) is 0. The molecule has 2 atom stereocenters. The second kappa shape index (κ2) is 15.7. The van der Waals surface area contributed by atoms with Gasteiger partial charge in [-0.3, -0.25) is 9.69 Å². The van der Waals surface area contributed by atoms with E-state index in [-0.39, 0.29) is 0 Å². The van der Waals surface area contributed by atoms with Crippen LogP contribution in [0.15, 0.2) is 0 Å². The minimum Gasteiger partial charge on any atom is -0.481 e. The first kappa shape index (κ1) is 22.6. The lowest BCUT2D eigenvalue weighted by molar-refractivity contribution is -0.137. The van der Waals surface area contributed by atoms with E-state index < -0.39 is 18.4 Å². The van der Waals surface area contributed by atoms with Gasteiger partial charge in [-0.05, 0) is 26.7 Å². The molecule has 5 nitrogen and oxygen atoms in total. The topological polar surface area (TPSA) is 81.0 Å². The Morgan fingerprint density at radius 1 is 0.905 bits per heavy atom. The summed E-state index contributed by atoms with van der Waals surface area (Å²) in [6, 6.07) is 0. The highest BCUT2D eigenvalue weighted by atomic mass is 16.4. The number of carboxylic acid groups (broad SMARTS) is 1. The van der Waals surface area contributed by atoms with Crippen LogP contribution in [0.4, 0.5) is 0 Å². The second-order valence-electron chi connectivity index (χ2n) is 5.41. The summed E-state index contributed by atoms with van der Waals surface area (Å²) in [6.45, 7) is 8.33. The summed E-state index contributed by atoms with van der Waals surface area (Å²) in [5.74, 6) is -0.670. The van der Waals surface area contributed by atoms with Crippen LogP contribution in [0.5, 0.6) is 0 Å². The number of nitrogens with zero attached hydrogens (tertiary/aromatic N) is 1. The van der Waals surface area contributed by atoms with Crippen LogP contribution in [0.25, 0.3) is 0 Å². The number of aliphatic hydroxyl groups is 2. The lowest BCUT2D eigenvalue weighted by atomic mass is 10.1. The third kappa shape index (κ3) is 17.3. The molecule has 0 aromatic heterocycles. The molecule has 0 radical (unpaired) electrons. The van der Waals surface area contributed by atoms with Gasteiger partial charge in [0.15, 0.2) is 0 Å². The van der Waals surface area contributed by atoms with Gasteiger partial charge in [0.25, 0.3) is 0 Å². The number of rotatable bonds is 11. The Kier molecular flexibility index (Phi) is 17.0. The van der Waals surface area contributed by atoms with Crippen molar-refractivity contribution in [3.05, 3.63) is 0 Å². The standard InChI is InChI=1S/C8H19NO2.C8H16O2/c1-4-5-6-9(7(2)10)8(3)11;1-2-3-4-5-6-7-8(9)10/h7-8,10-11H,4-6H2,1-3H3;2-7H2,1H3,(H,9,10). The van der Waals surface area contributed by atoms with Crippen molar-refractivity contribution in [2.75, 3.05) is 6.54 Å². The average Bonchev–Trinajstić information content (AvgIpc) is 2.38. The maximum absolute atomic E-state index is 10.0. The number of hydrogen-bond acceptors (Lipinski definition) is 4. The monoisotopic (exact) mass is 305 g/mol. The van der Waals surface area contributed by atoms with Gasteiger partial charge in [0.05, 0.1) is 0 Å². The second-order valence-corrected chi connectivity index (χ2v) is 5.41. The van der Waals surface area contributed by atoms with Crippen molar-refractivity contribution in [2.45, 2.75) is 91.5 Å². The fourth-order valence-electron chi connectivity index (χ4n) is 1.91. The first-order chi connectivity index (χ1) is 9.86. The fraction of sp³-hybridized carbons (Fsp3) is 0.938. The number of hydrogen-bond donors (Lipinski definition) is 3. The Hall–Kier alpha value is -0.650. The molecule has 21 heavy (non-hydrogen) atoms. The smallest absolute Gasteiger partial charge is 0.303 e. The molecule has 0 fully saturated rings. The molecule has 0 aliphatic heterocycles. The van der Waals surface area contributed by atoms with Crippen LogP contribution in [-0.2, 0) is 4.79 Å². The zero-order chi connectivity index (χ0) is 16.7. The molecule has 0 bridgehead atoms. The molecule has 0 heterocycles. The van der Waals surface area contributed by atoms with Crippen molar-refractivity contribution < 1.29 is 20.1 Å². The molecule has 0 aromatic rings. The highest BCUT2D eigenvalue weighted by Gasteiger charge is 2.14. The summed E-state index contributed by atoms with van der Waals surface area (Å²) in [5, 5.41) is 26.6. The molecule has 128 valence electrons. The molecule has 3 N–H and O–H groups in total. The van der Waals surface area contributed by atoms with E-state index in [0.717, 1.165) is 32.2 Å². The molecular weight excluding hydrogens is 270 g/mol. The van der Waals surface area contributed by atoms with E-state index in [0.29, 0.717) is 6.42 Å². The van der Waals surface area contributed by atoms with Crippen molar-refractivity contribution in [1.82, 2.24) is 4.90 Å². The summed E-state index contributed by atoms with van der Waals surface area (Å²) in [6.07, 6.45) is 6.87. The predicted molar refractivity (Wildman–Crippen MR) is 86.0 cm³/mol. The number of aliphatic hydroxyl groups excluding tert-OH is 2. The molecule has 0 saturated carbocycles. The van der Waals surface area contributed by atoms with Crippen molar-refractivity contribution >= 4 is 5.97 Å². The van der Waals surface area contributed by atoms with E-state index in [4.69, 9.17) is 5.11 Å². The Morgan fingerprint density at radius 2 is 1.38 bits per heavy atom. The Bertz CT molecular complexity index is 224. The van der Waals surface area contributed by atoms with Gasteiger partial charge in [0.2, 0.25) is 0 Å². The number of aliphatic carboxylic acids is 1. The molecule has 0 saturated heterocycles. The van der Waals surface area contributed by atoms with Crippen LogP contribution < -0.4 is 0 Å². The van der Waals surface area contributed by atoms with Gasteiger partial charge in [-0.25, -0.2) is 0 Å². The third-order valence-electron chi connectivity index (χ3n) is 3.22. The highest BCUT2D eigenvalue weighted by molar-refractivity contribution is 5.66. The Morgan fingerprint density at radius 3 is 1.76 bits per heavy atom. The largest absolute Gasteiger partial charge is 0.481 e. The van der Waals surface area contributed by atoms with Crippen LogP contribution in [0, 0.1) is 0 Å². The van der Waals surface area contributed by atoms with Crippen LogP contribution >= 0.6 is 0 Å². The minimum atomic E-state index is -0.670. The molecule has 0 rings (SSSR count). The number of carboxylic acids is 1. The van der Waals surface area contributed by atoms with E-state index >= 15 is 0 Å². The van der Waals surface area contributed by atoms with E-state index in [2.05, 4.69) is 13.8 Å². The lowest BCUT2D eigenvalue weighted by Crippen LogP contribution is -2.40. The number of unbranched alkanes of at least 4 members (excludes halogenated alkanes) is 5. The van der Waals surface area contributed by atoms with Crippen LogP contribution in [-0.4, -0.2) is 45.2 Å². The van der Waals surface area contributed by atoms with Crippen LogP contribution in [0.3, 0.4) is 0 Å². The molecule has 0 spiro atoms. The van der Waals surface area contributed by atoms with Gasteiger partial charge in [0.1, 0.15) is 12.5 Å². The summed E-state index contributed by atoms with van der Waals surface area (Å²) in [4.78, 5) is 11.7. The van der Waals surface area contributed by atoms with E-state index in [1.54, 1.807) is 18.7 Å². The maximum atomic E-state index is 10.0. The Labute approximate surface area is 130 Å². The van der Waals surface area contributed by atoms with Gasteiger partial charge < -0.3 is 15.3 Å². The zero-order valence-corrected chi connectivity index (χ0v) is 14.2. The molecule has 0 aliphatic rings. The van der Waals surface area contributed by atoms with Gasteiger partial charge in [-0.1, -0.05) is 46.0 Å². The zero-order valence-electron chi connectivity index (χ0n) is 14.2. The van der Waals surface area contributed by atoms with Crippen LogP contribution in [0.2, 0.25) is 0 Å². The van der Waals surface area contributed by atoms with E-state index in [9.17, 15) is 15.0 Å². The number of carbonyl (C=O) groups is 1. The first-order valence-corrected chi connectivity index (χ1v) is 8.20. The van der Waals surface area contributed by atoms with E-state index in [1.807, 2.05) is 0 Å². The highest BCUT2D eigenvalue weighted by Crippen LogP contribution is 2.04. The minimum absolute atomic E-state index is 0.337. The quantitative estimate of drug-likeness (QED) is 0.403. The van der Waals surface area contributed by atoms with Crippen molar-refractivity contribution in [3.8, 4) is 0 Å². The summed E-state index contributed by atoms with van der Waals surface area (Å²) >= 11 is 0. The predicted octanol–water partition coefficient (Wildman–Crippen LogP) is 3.20. The molecule has 0 amide bonds. The molecule has 5 heteroatoms. The normalized spacial score (nSPS) is 13.5. The van der Waals surface area contributed by atoms with Gasteiger partial charge in [0, 0.05) is 13.0 Å². The van der Waals surface area contributed by atoms with Gasteiger partial charge in [-0.15, -0.1) is 0 Å². The van der Waals surface area contributed by atoms with Gasteiger partial charge >= 0.3 is 5.97 Å². The van der Waals surface area contributed by atoms with Crippen molar-refractivity contribution in [1.29, 1.82) is 0 Å². The van der Waals surface area contributed by atoms with Crippen molar-refractivity contribution in [3.63, 3.8) is 0 Å². The fourth-order valence-corrected chi connectivity index (χ4v) is 1.91. The molecule has 2 unspecified atom stereocenters. The Balaban J connectivity index is 0. The molecule has 0 aromatic carbocycles. The summed E-state index contributed by atoms with van der Waals surface area (Å²) < 4.78 is 0. The third-order valence-corrected chi connectivity index (χ3v) is 3.22. The lowest BCUT2D eigenvalue weighted by Gasteiger charge is -2.27. The summed E-state index contributed by atoms with van der Waals surface area (Å²) in [7, 11) is 0. The average molecular weight is 305 g/mol. The maximum Gasteiger partial charge on any atom is 0.303 e. The van der Waals surface area contributed by atoms with E-state index in [1.165, 1.54) is 19.3 Å². The molecule has 0 aliphatic carbocycles. The van der Waals surface area contributed by atoms with Gasteiger partial charge in [-0.2, -0.15) is 0 Å².